The van der Waals surface area contributed by atoms with E-state index in [1.807, 2.05) is 0 Å². The smallest absolute Gasteiger partial charge is 0.298 e. The fourth-order valence-electron chi connectivity index (χ4n) is 1.15. The highest BCUT2D eigenvalue weighted by molar-refractivity contribution is 8.13. The number of rotatable bonds is 2. The SMILES string of the molecule is COc1ccc(Cl)n2nc(S(=O)(=O)Cl)nc12. The predicted molar refractivity (Wildman–Crippen MR) is 57.6 cm³/mol. The van der Waals surface area contributed by atoms with Crippen LogP contribution in [0.1, 0.15) is 0 Å². The molecular weight excluding hydrogens is 277 g/mol. The summed E-state index contributed by atoms with van der Waals surface area (Å²) in [5.74, 6) is 0.350. The van der Waals surface area contributed by atoms with Gasteiger partial charge in [0.15, 0.2) is 11.4 Å². The number of nitrogens with zero attached hydrogens (tertiary/aromatic N) is 3. The molecular formula is C7H5Cl2N3O3S. The van der Waals surface area contributed by atoms with Gasteiger partial charge in [-0.15, -0.1) is 5.10 Å². The molecule has 0 atom stereocenters. The molecule has 0 radical (unpaired) electrons. The van der Waals surface area contributed by atoms with Crippen molar-refractivity contribution >= 4 is 37.0 Å². The number of halogens is 2. The van der Waals surface area contributed by atoms with Crippen LogP contribution in [0.2, 0.25) is 5.15 Å². The third-order valence-corrected chi connectivity index (χ3v) is 3.13. The zero-order valence-electron chi connectivity index (χ0n) is 7.89. The third kappa shape index (κ3) is 1.81. The van der Waals surface area contributed by atoms with Crippen LogP contribution in [0, 0.1) is 0 Å². The summed E-state index contributed by atoms with van der Waals surface area (Å²) >= 11 is 5.82. The van der Waals surface area contributed by atoms with Crippen molar-refractivity contribution in [1.29, 1.82) is 0 Å². The minimum Gasteiger partial charge on any atom is -0.493 e. The summed E-state index contributed by atoms with van der Waals surface area (Å²) in [7, 11) is 2.56. The Kier molecular flexibility index (Phi) is 2.69. The molecule has 0 saturated carbocycles. The van der Waals surface area contributed by atoms with Crippen LogP contribution in [0.25, 0.3) is 5.65 Å². The topological polar surface area (TPSA) is 73.6 Å². The summed E-state index contributed by atoms with van der Waals surface area (Å²) in [6.45, 7) is 0. The molecule has 2 rings (SSSR count). The van der Waals surface area contributed by atoms with Crippen LogP contribution in [-0.4, -0.2) is 30.1 Å². The van der Waals surface area contributed by atoms with E-state index in [0.29, 0.717) is 5.75 Å². The van der Waals surface area contributed by atoms with Gasteiger partial charge in [0.05, 0.1) is 7.11 Å². The molecule has 0 bridgehead atoms. The highest BCUT2D eigenvalue weighted by Gasteiger charge is 2.20. The number of pyridine rings is 1. The molecule has 0 unspecified atom stereocenters. The average molecular weight is 282 g/mol. The molecule has 0 spiro atoms. The van der Waals surface area contributed by atoms with Gasteiger partial charge in [0.2, 0.25) is 0 Å². The van der Waals surface area contributed by atoms with Crippen molar-refractivity contribution in [2.24, 2.45) is 0 Å². The predicted octanol–water partition coefficient (Wildman–Crippen LogP) is 1.32. The van der Waals surface area contributed by atoms with Crippen molar-refractivity contribution in [3.8, 4) is 5.75 Å². The number of fused-ring (bicyclic) bond motifs is 1. The first-order valence-electron chi connectivity index (χ1n) is 3.97. The monoisotopic (exact) mass is 281 g/mol. The van der Waals surface area contributed by atoms with Gasteiger partial charge in [-0.25, -0.2) is 8.42 Å². The van der Waals surface area contributed by atoms with E-state index in [2.05, 4.69) is 10.1 Å². The minimum atomic E-state index is -3.99. The van der Waals surface area contributed by atoms with Gasteiger partial charge >= 0.3 is 0 Å². The van der Waals surface area contributed by atoms with E-state index < -0.39 is 14.2 Å². The maximum absolute atomic E-state index is 11.1. The number of methoxy groups -OCH3 is 1. The highest BCUT2D eigenvalue weighted by atomic mass is 35.7. The lowest BCUT2D eigenvalue weighted by molar-refractivity contribution is 0.416. The van der Waals surface area contributed by atoms with Crippen LogP contribution in [-0.2, 0) is 9.05 Å². The van der Waals surface area contributed by atoms with E-state index in [1.54, 1.807) is 6.07 Å². The summed E-state index contributed by atoms with van der Waals surface area (Å²) < 4.78 is 28.2. The standard InChI is InChI=1S/C7H5Cl2N3O3S/c1-15-4-2-3-5(8)12-6(4)10-7(11-12)16(9,13)14/h2-3H,1H3. The molecule has 0 aliphatic rings. The Morgan fingerprint density at radius 1 is 1.44 bits per heavy atom. The van der Waals surface area contributed by atoms with E-state index >= 15 is 0 Å². The normalized spacial score (nSPS) is 11.9. The maximum atomic E-state index is 11.1. The first kappa shape index (κ1) is 11.4. The van der Waals surface area contributed by atoms with E-state index in [9.17, 15) is 8.42 Å². The second kappa shape index (κ2) is 3.76. The van der Waals surface area contributed by atoms with E-state index in [0.717, 1.165) is 4.52 Å². The van der Waals surface area contributed by atoms with Gasteiger partial charge in [-0.1, -0.05) is 11.6 Å². The van der Waals surface area contributed by atoms with E-state index in [4.69, 9.17) is 27.0 Å². The molecule has 86 valence electrons. The molecule has 0 aliphatic carbocycles. The molecule has 0 amide bonds. The van der Waals surface area contributed by atoms with Crippen LogP contribution in [0.4, 0.5) is 0 Å². The molecule has 0 saturated heterocycles. The van der Waals surface area contributed by atoms with Crippen LogP contribution in [0.5, 0.6) is 5.75 Å². The molecule has 0 aliphatic heterocycles. The van der Waals surface area contributed by atoms with E-state index in [1.165, 1.54) is 13.2 Å². The first-order valence-corrected chi connectivity index (χ1v) is 6.66. The van der Waals surface area contributed by atoms with Crippen molar-refractivity contribution in [1.82, 2.24) is 14.6 Å². The van der Waals surface area contributed by atoms with Gasteiger partial charge in [-0.3, -0.25) is 0 Å². The number of hydrogen-bond acceptors (Lipinski definition) is 5. The molecule has 6 nitrogen and oxygen atoms in total. The number of hydrogen-bond donors (Lipinski definition) is 0. The van der Waals surface area contributed by atoms with E-state index in [-0.39, 0.29) is 10.8 Å². The van der Waals surface area contributed by atoms with Gasteiger partial charge in [0, 0.05) is 10.7 Å². The number of ether oxygens (including phenoxy) is 1. The maximum Gasteiger partial charge on any atom is 0.298 e. The fourth-order valence-corrected chi connectivity index (χ4v) is 1.91. The molecule has 2 aromatic heterocycles. The van der Waals surface area contributed by atoms with Gasteiger partial charge < -0.3 is 4.74 Å². The van der Waals surface area contributed by atoms with Gasteiger partial charge in [0.25, 0.3) is 14.2 Å². The van der Waals surface area contributed by atoms with Crippen LogP contribution in [0.15, 0.2) is 17.3 Å². The summed E-state index contributed by atoms with van der Waals surface area (Å²) in [5, 5.41) is 3.36. The quantitative estimate of drug-likeness (QED) is 0.613. The molecule has 9 heteroatoms. The zero-order valence-corrected chi connectivity index (χ0v) is 10.2. The zero-order chi connectivity index (χ0) is 11.9. The Morgan fingerprint density at radius 2 is 2.12 bits per heavy atom. The Hall–Kier alpha value is -1.05. The largest absolute Gasteiger partial charge is 0.493 e. The summed E-state index contributed by atoms with van der Waals surface area (Å²) in [6, 6.07) is 3.06. The number of aromatic nitrogens is 3. The van der Waals surface area contributed by atoms with Crippen molar-refractivity contribution < 1.29 is 13.2 Å². The Labute approximate surface area is 100 Å². The van der Waals surface area contributed by atoms with Crippen LogP contribution in [0.3, 0.4) is 0 Å². The Bertz CT molecular complexity index is 652. The Morgan fingerprint density at radius 3 is 2.69 bits per heavy atom. The lowest BCUT2D eigenvalue weighted by Crippen LogP contribution is -1.95. The van der Waals surface area contributed by atoms with Crippen molar-refractivity contribution in [2.45, 2.75) is 5.16 Å². The summed E-state index contributed by atoms with van der Waals surface area (Å²) in [4.78, 5) is 3.74. The highest BCUT2D eigenvalue weighted by Crippen LogP contribution is 2.23. The van der Waals surface area contributed by atoms with Crippen molar-refractivity contribution in [3.05, 3.63) is 17.3 Å². The molecule has 0 aromatic carbocycles. The summed E-state index contributed by atoms with van der Waals surface area (Å²) in [5.41, 5.74) is 0.189. The van der Waals surface area contributed by atoms with Crippen molar-refractivity contribution in [3.63, 3.8) is 0 Å². The average Bonchev–Trinajstić information content (AvgIpc) is 2.63. The van der Waals surface area contributed by atoms with Crippen LogP contribution < -0.4 is 4.74 Å². The van der Waals surface area contributed by atoms with Gasteiger partial charge in [0.1, 0.15) is 5.15 Å². The third-order valence-electron chi connectivity index (χ3n) is 1.82. The molecule has 16 heavy (non-hydrogen) atoms. The molecule has 2 heterocycles. The lowest BCUT2D eigenvalue weighted by atomic mass is 10.4. The first-order chi connectivity index (χ1) is 7.43. The molecule has 0 fully saturated rings. The molecule has 2 aromatic rings. The second-order valence-corrected chi connectivity index (χ2v) is 5.64. The minimum absolute atomic E-state index is 0.189. The van der Waals surface area contributed by atoms with Crippen molar-refractivity contribution in [2.75, 3.05) is 7.11 Å². The van der Waals surface area contributed by atoms with Gasteiger partial charge in [-0.2, -0.15) is 9.50 Å². The summed E-state index contributed by atoms with van der Waals surface area (Å²) in [6.07, 6.45) is 0. The Balaban J connectivity index is 2.83. The second-order valence-electron chi connectivity index (χ2n) is 2.79. The van der Waals surface area contributed by atoms with Gasteiger partial charge in [-0.05, 0) is 12.1 Å². The molecule has 0 N–H and O–H groups in total. The fraction of sp³-hybridized carbons (Fsp3) is 0.143. The van der Waals surface area contributed by atoms with Crippen LogP contribution >= 0.6 is 22.3 Å². The lowest BCUT2D eigenvalue weighted by Gasteiger charge is -2.00.